The Kier molecular flexibility index (Phi) is 6.77. The van der Waals surface area contributed by atoms with Crippen LogP contribution in [0.3, 0.4) is 0 Å². The zero-order chi connectivity index (χ0) is 23.7. The number of nitriles is 1. The Balaban J connectivity index is 1.20. The molecule has 2 aliphatic heterocycles. The first-order valence-electron chi connectivity index (χ1n) is 13.1. The standard InChI is InChI=1S/C30H38N4/c1-21(2)33-12-8-27(9-13-33)32-28-10-14-34(15-11-28)29-7-4-22(3)30(19-29)26-17-24-6-5-23(20-31)16-25(24)18-26/h4-7,16,18-19,21,27-28,32H,8-15,17H2,1-3H3. The Morgan fingerprint density at radius 1 is 0.941 bits per heavy atom. The summed E-state index contributed by atoms with van der Waals surface area (Å²) in [6, 6.07) is 17.3. The summed E-state index contributed by atoms with van der Waals surface area (Å²) in [7, 11) is 0. The van der Waals surface area contributed by atoms with Gasteiger partial charge in [0.2, 0.25) is 0 Å². The highest BCUT2D eigenvalue weighted by atomic mass is 15.2. The van der Waals surface area contributed by atoms with Crippen molar-refractivity contribution in [2.45, 2.75) is 71.0 Å². The fourth-order valence-corrected chi connectivity index (χ4v) is 5.95. The third-order valence-electron chi connectivity index (χ3n) is 8.14. The molecule has 0 spiro atoms. The topological polar surface area (TPSA) is 42.3 Å². The van der Waals surface area contributed by atoms with Crippen LogP contribution in [0, 0.1) is 18.3 Å². The third kappa shape index (κ3) is 4.92. The molecule has 0 aromatic heterocycles. The summed E-state index contributed by atoms with van der Waals surface area (Å²) in [6.45, 7) is 11.5. The van der Waals surface area contributed by atoms with Gasteiger partial charge in [0.15, 0.2) is 0 Å². The predicted octanol–water partition coefficient (Wildman–Crippen LogP) is 5.39. The Morgan fingerprint density at radius 3 is 2.32 bits per heavy atom. The Morgan fingerprint density at radius 2 is 1.65 bits per heavy atom. The summed E-state index contributed by atoms with van der Waals surface area (Å²) in [5.74, 6) is 0. The molecule has 1 N–H and O–H groups in total. The molecule has 178 valence electrons. The largest absolute Gasteiger partial charge is 0.371 e. The zero-order valence-electron chi connectivity index (χ0n) is 21.0. The number of rotatable bonds is 5. The van der Waals surface area contributed by atoms with Gasteiger partial charge >= 0.3 is 0 Å². The Hall–Kier alpha value is -2.61. The summed E-state index contributed by atoms with van der Waals surface area (Å²) < 4.78 is 0. The lowest BCUT2D eigenvalue weighted by Crippen LogP contribution is -2.50. The van der Waals surface area contributed by atoms with Crippen molar-refractivity contribution in [2.75, 3.05) is 31.1 Å². The van der Waals surface area contributed by atoms with Gasteiger partial charge in [-0.25, -0.2) is 0 Å². The van der Waals surface area contributed by atoms with E-state index in [-0.39, 0.29) is 0 Å². The molecule has 1 aliphatic carbocycles. The van der Waals surface area contributed by atoms with Crippen LogP contribution >= 0.6 is 0 Å². The van der Waals surface area contributed by atoms with Crippen LogP contribution in [0.15, 0.2) is 36.4 Å². The minimum Gasteiger partial charge on any atom is -0.371 e. The molecular formula is C30H38N4. The molecule has 4 heteroatoms. The quantitative estimate of drug-likeness (QED) is 0.657. The predicted molar refractivity (Wildman–Crippen MR) is 142 cm³/mol. The first-order valence-corrected chi connectivity index (χ1v) is 13.1. The van der Waals surface area contributed by atoms with Gasteiger partial charge in [0.25, 0.3) is 0 Å². The van der Waals surface area contributed by atoms with Crippen molar-refractivity contribution < 1.29 is 0 Å². The van der Waals surface area contributed by atoms with E-state index in [0.717, 1.165) is 25.1 Å². The van der Waals surface area contributed by atoms with Gasteiger partial charge < -0.3 is 15.1 Å². The highest BCUT2D eigenvalue weighted by molar-refractivity contribution is 5.90. The fourth-order valence-electron chi connectivity index (χ4n) is 5.95. The second-order valence-corrected chi connectivity index (χ2v) is 10.7. The number of anilines is 1. The molecule has 0 amide bonds. The molecule has 2 saturated heterocycles. The number of piperidine rings is 2. The molecule has 2 aromatic carbocycles. The van der Waals surface area contributed by atoms with E-state index in [1.54, 1.807) is 0 Å². The summed E-state index contributed by atoms with van der Waals surface area (Å²) >= 11 is 0. The molecule has 0 saturated carbocycles. The van der Waals surface area contributed by atoms with Gasteiger partial charge in [-0.1, -0.05) is 18.2 Å². The maximum absolute atomic E-state index is 9.23. The lowest BCUT2D eigenvalue weighted by atomic mass is 9.96. The number of nitrogens with one attached hydrogen (secondary N) is 1. The van der Waals surface area contributed by atoms with Crippen LogP contribution in [0.4, 0.5) is 5.69 Å². The van der Waals surface area contributed by atoms with Gasteiger partial charge in [0, 0.05) is 36.9 Å². The van der Waals surface area contributed by atoms with E-state index in [0.29, 0.717) is 18.1 Å². The first-order chi connectivity index (χ1) is 16.5. The van der Waals surface area contributed by atoms with Crippen LogP contribution in [0.1, 0.15) is 67.3 Å². The highest BCUT2D eigenvalue weighted by Gasteiger charge is 2.26. The van der Waals surface area contributed by atoms with Crippen LogP contribution in [0.25, 0.3) is 11.6 Å². The normalized spacial score (nSPS) is 19.9. The minimum atomic E-state index is 0.651. The number of hydrogen-bond donors (Lipinski definition) is 1. The van der Waals surface area contributed by atoms with Crippen LogP contribution in [0.5, 0.6) is 0 Å². The van der Waals surface area contributed by atoms with Crippen molar-refractivity contribution in [3.05, 3.63) is 64.2 Å². The zero-order valence-corrected chi connectivity index (χ0v) is 21.0. The van der Waals surface area contributed by atoms with E-state index in [2.05, 4.69) is 72.3 Å². The highest BCUT2D eigenvalue weighted by Crippen LogP contribution is 2.35. The molecule has 0 bridgehead atoms. The SMILES string of the molecule is Cc1ccc(N2CCC(NC3CCN(C(C)C)CC3)CC2)cc1C1=Cc2cc(C#N)ccc2C1. The molecular weight excluding hydrogens is 416 g/mol. The molecule has 2 fully saturated rings. The van der Waals surface area contributed by atoms with Crippen molar-refractivity contribution >= 4 is 17.3 Å². The van der Waals surface area contributed by atoms with Gasteiger partial charge in [0.05, 0.1) is 11.6 Å². The van der Waals surface area contributed by atoms with E-state index in [4.69, 9.17) is 0 Å². The minimum absolute atomic E-state index is 0.651. The number of nitrogens with zero attached hydrogens (tertiary/aromatic N) is 3. The van der Waals surface area contributed by atoms with Gasteiger partial charge in [-0.15, -0.1) is 0 Å². The number of likely N-dealkylation sites (tertiary alicyclic amines) is 1. The Bertz CT molecular complexity index is 1090. The average Bonchev–Trinajstić information content (AvgIpc) is 3.28. The van der Waals surface area contributed by atoms with Gasteiger partial charge in [-0.2, -0.15) is 5.26 Å². The maximum atomic E-state index is 9.23. The van der Waals surface area contributed by atoms with Crippen molar-refractivity contribution in [3.8, 4) is 6.07 Å². The number of fused-ring (bicyclic) bond motifs is 1. The molecule has 3 aliphatic rings. The van der Waals surface area contributed by atoms with Crippen molar-refractivity contribution in [3.63, 3.8) is 0 Å². The molecule has 0 radical (unpaired) electrons. The third-order valence-corrected chi connectivity index (χ3v) is 8.14. The number of hydrogen-bond acceptors (Lipinski definition) is 4. The molecule has 2 aromatic rings. The van der Waals surface area contributed by atoms with Crippen LogP contribution in [0.2, 0.25) is 0 Å². The van der Waals surface area contributed by atoms with E-state index >= 15 is 0 Å². The van der Waals surface area contributed by atoms with Gasteiger partial charge in [-0.05, 0) is 118 Å². The van der Waals surface area contributed by atoms with Gasteiger partial charge in [0.1, 0.15) is 0 Å². The lowest BCUT2D eigenvalue weighted by molar-refractivity contribution is 0.154. The second-order valence-electron chi connectivity index (χ2n) is 10.7. The van der Waals surface area contributed by atoms with Crippen molar-refractivity contribution in [1.29, 1.82) is 5.26 Å². The smallest absolute Gasteiger partial charge is 0.0991 e. The number of allylic oxidation sites excluding steroid dienone is 1. The van der Waals surface area contributed by atoms with Crippen LogP contribution in [-0.2, 0) is 6.42 Å². The van der Waals surface area contributed by atoms with Crippen molar-refractivity contribution in [1.82, 2.24) is 10.2 Å². The molecule has 0 atom stereocenters. The van der Waals surface area contributed by atoms with E-state index in [1.165, 1.54) is 72.3 Å². The maximum Gasteiger partial charge on any atom is 0.0991 e. The molecule has 4 nitrogen and oxygen atoms in total. The average molecular weight is 455 g/mol. The monoisotopic (exact) mass is 454 g/mol. The molecule has 0 unspecified atom stereocenters. The van der Waals surface area contributed by atoms with Gasteiger partial charge in [-0.3, -0.25) is 0 Å². The van der Waals surface area contributed by atoms with Crippen molar-refractivity contribution in [2.24, 2.45) is 0 Å². The van der Waals surface area contributed by atoms with E-state index < -0.39 is 0 Å². The summed E-state index contributed by atoms with van der Waals surface area (Å²) in [4.78, 5) is 5.18. The fraction of sp³-hybridized carbons (Fsp3) is 0.500. The number of benzene rings is 2. The van der Waals surface area contributed by atoms with E-state index in [9.17, 15) is 5.26 Å². The molecule has 5 rings (SSSR count). The Labute approximate surface area is 205 Å². The second kappa shape index (κ2) is 9.94. The molecule has 34 heavy (non-hydrogen) atoms. The molecule has 2 heterocycles. The van der Waals surface area contributed by atoms with E-state index in [1.807, 2.05) is 12.1 Å². The van der Waals surface area contributed by atoms with Crippen LogP contribution < -0.4 is 10.2 Å². The summed E-state index contributed by atoms with van der Waals surface area (Å²) in [5, 5.41) is 13.2. The summed E-state index contributed by atoms with van der Waals surface area (Å²) in [6.07, 6.45) is 8.24. The van der Waals surface area contributed by atoms with Crippen LogP contribution in [-0.4, -0.2) is 49.2 Å². The first kappa shape index (κ1) is 23.1. The lowest BCUT2D eigenvalue weighted by Gasteiger charge is -2.39. The number of aryl methyl sites for hydroxylation is 1. The summed E-state index contributed by atoms with van der Waals surface area (Å²) in [5.41, 5.74) is 8.66.